The van der Waals surface area contributed by atoms with Crippen LogP contribution >= 0.6 is 0 Å². The van der Waals surface area contributed by atoms with E-state index in [1.807, 2.05) is 25.7 Å². The monoisotopic (exact) mass is 289 g/mol. The molecule has 2 rings (SSSR count). The van der Waals surface area contributed by atoms with Crippen LogP contribution in [0.15, 0.2) is 24.3 Å². The number of likely N-dealkylation sites (tertiary alicyclic amines) is 1. The molecule has 1 amide bonds. The highest BCUT2D eigenvalue weighted by Crippen LogP contribution is 2.35. The molecule has 1 saturated heterocycles. The molecule has 1 aliphatic heterocycles. The fraction of sp³-hybridized carbons (Fsp3) is 0.611. The maximum atomic E-state index is 12.5. The zero-order chi connectivity index (χ0) is 15.6. The van der Waals surface area contributed by atoms with Gasteiger partial charge in [0.1, 0.15) is 5.60 Å². The Labute approximate surface area is 128 Å². The van der Waals surface area contributed by atoms with Crippen LogP contribution in [0.3, 0.4) is 0 Å². The largest absolute Gasteiger partial charge is 0.444 e. The zero-order valence-corrected chi connectivity index (χ0v) is 13.8. The minimum Gasteiger partial charge on any atom is -0.444 e. The maximum Gasteiger partial charge on any atom is 0.410 e. The van der Waals surface area contributed by atoms with Crippen LogP contribution in [-0.4, -0.2) is 23.1 Å². The third-order valence-corrected chi connectivity index (χ3v) is 3.95. The predicted octanol–water partition coefficient (Wildman–Crippen LogP) is 4.70. The van der Waals surface area contributed by atoms with Crippen molar-refractivity contribution in [1.82, 2.24) is 4.90 Å². The summed E-state index contributed by atoms with van der Waals surface area (Å²) in [4.78, 5) is 14.4. The van der Waals surface area contributed by atoms with E-state index in [0.29, 0.717) is 5.92 Å². The summed E-state index contributed by atoms with van der Waals surface area (Å²) in [6, 6.07) is 8.62. The Kier molecular flexibility index (Phi) is 4.60. The first-order chi connectivity index (χ1) is 9.76. The first-order valence-corrected chi connectivity index (χ1v) is 7.82. The summed E-state index contributed by atoms with van der Waals surface area (Å²) < 4.78 is 5.57. The molecule has 21 heavy (non-hydrogen) atoms. The first kappa shape index (κ1) is 15.9. The van der Waals surface area contributed by atoms with Gasteiger partial charge in [0.25, 0.3) is 0 Å². The summed E-state index contributed by atoms with van der Waals surface area (Å²) in [5.41, 5.74) is 2.00. The highest BCUT2D eigenvalue weighted by molar-refractivity contribution is 5.69. The molecule has 0 N–H and O–H groups in total. The van der Waals surface area contributed by atoms with Gasteiger partial charge < -0.3 is 9.64 Å². The number of carbonyl (C=O) groups is 1. The first-order valence-electron chi connectivity index (χ1n) is 7.82. The van der Waals surface area contributed by atoms with E-state index in [4.69, 9.17) is 4.74 Å². The second kappa shape index (κ2) is 6.08. The van der Waals surface area contributed by atoms with Crippen molar-refractivity contribution in [2.75, 3.05) is 6.54 Å². The highest BCUT2D eigenvalue weighted by atomic mass is 16.6. The minimum absolute atomic E-state index is 0.129. The fourth-order valence-corrected chi connectivity index (χ4v) is 2.79. The minimum atomic E-state index is -0.446. The lowest BCUT2D eigenvalue weighted by molar-refractivity contribution is 0.00512. The molecule has 1 aliphatic rings. The molecular formula is C18H27NO2. The molecule has 1 fully saturated rings. The summed E-state index contributed by atoms with van der Waals surface area (Å²) in [6.07, 6.45) is 1.85. The molecule has 3 heteroatoms. The highest BCUT2D eigenvalue weighted by Gasteiger charge is 2.33. The summed E-state index contributed by atoms with van der Waals surface area (Å²) in [5, 5.41) is 0. The van der Waals surface area contributed by atoms with E-state index >= 15 is 0 Å². The molecule has 0 unspecified atom stereocenters. The van der Waals surface area contributed by atoms with Gasteiger partial charge in [-0.25, -0.2) is 4.79 Å². The van der Waals surface area contributed by atoms with Gasteiger partial charge in [0, 0.05) is 6.54 Å². The lowest BCUT2D eigenvalue weighted by Gasteiger charge is -2.39. The molecule has 1 aromatic carbocycles. The number of nitrogens with zero attached hydrogens (tertiary/aromatic N) is 1. The van der Waals surface area contributed by atoms with Gasteiger partial charge in [-0.15, -0.1) is 0 Å². The number of aryl methyl sites for hydroxylation is 1. The van der Waals surface area contributed by atoms with Gasteiger partial charge in [-0.1, -0.05) is 36.8 Å². The van der Waals surface area contributed by atoms with Crippen molar-refractivity contribution in [1.29, 1.82) is 0 Å². The number of rotatable bonds is 1. The molecule has 3 nitrogen and oxygen atoms in total. The van der Waals surface area contributed by atoms with Crippen molar-refractivity contribution in [3.8, 4) is 0 Å². The van der Waals surface area contributed by atoms with Gasteiger partial charge in [-0.2, -0.15) is 0 Å². The molecule has 0 spiro atoms. The van der Waals surface area contributed by atoms with Gasteiger partial charge in [0.05, 0.1) is 6.04 Å². The van der Waals surface area contributed by atoms with Crippen LogP contribution in [0.4, 0.5) is 4.79 Å². The maximum absolute atomic E-state index is 12.5. The third-order valence-electron chi connectivity index (χ3n) is 3.95. The smallest absolute Gasteiger partial charge is 0.410 e. The Morgan fingerprint density at radius 2 is 1.86 bits per heavy atom. The molecule has 0 radical (unpaired) electrons. The van der Waals surface area contributed by atoms with Crippen molar-refractivity contribution >= 4 is 6.09 Å². The molecule has 0 aromatic heterocycles. The Bertz CT molecular complexity index is 487. The topological polar surface area (TPSA) is 29.5 Å². The molecule has 1 aromatic rings. The van der Waals surface area contributed by atoms with Gasteiger partial charge >= 0.3 is 6.09 Å². The van der Waals surface area contributed by atoms with Crippen LogP contribution in [0.2, 0.25) is 0 Å². The van der Waals surface area contributed by atoms with Crippen molar-refractivity contribution in [2.45, 2.75) is 59.1 Å². The van der Waals surface area contributed by atoms with Crippen LogP contribution in [0, 0.1) is 12.8 Å². The van der Waals surface area contributed by atoms with E-state index < -0.39 is 5.60 Å². The Hall–Kier alpha value is -1.51. The third kappa shape index (κ3) is 4.23. The van der Waals surface area contributed by atoms with Gasteiger partial charge in [0.2, 0.25) is 0 Å². The Morgan fingerprint density at radius 3 is 2.43 bits per heavy atom. The normalized spacial score (nSPS) is 23.0. The average molecular weight is 289 g/mol. The quantitative estimate of drug-likeness (QED) is 0.749. The summed E-state index contributed by atoms with van der Waals surface area (Å²) in [7, 11) is 0. The standard InChI is InChI=1S/C18H27NO2/c1-13-6-8-15(9-7-13)16-12-14(2)10-11-19(16)17(20)21-18(3,4)5/h6-9,14,16H,10-12H2,1-5H3/t14-,16+/m1/s1. The van der Waals surface area contributed by atoms with E-state index in [1.54, 1.807) is 0 Å². The van der Waals surface area contributed by atoms with E-state index in [0.717, 1.165) is 19.4 Å². The van der Waals surface area contributed by atoms with E-state index in [9.17, 15) is 4.79 Å². The second-order valence-corrected chi connectivity index (χ2v) is 7.23. The molecule has 0 aliphatic carbocycles. The molecule has 1 heterocycles. The van der Waals surface area contributed by atoms with E-state index in [2.05, 4.69) is 38.1 Å². The molecule has 2 atom stereocenters. The molecule has 0 saturated carbocycles. The van der Waals surface area contributed by atoms with E-state index in [1.165, 1.54) is 11.1 Å². The number of benzene rings is 1. The summed E-state index contributed by atoms with van der Waals surface area (Å²) in [6.45, 7) is 10.9. The summed E-state index contributed by atoms with van der Waals surface area (Å²) >= 11 is 0. The van der Waals surface area contributed by atoms with Crippen LogP contribution in [0.1, 0.15) is 57.7 Å². The van der Waals surface area contributed by atoms with Crippen molar-refractivity contribution in [3.63, 3.8) is 0 Å². The number of carbonyl (C=O) groups excluding carboxylic acids is 1. The Balaban J connectivity index is 2.21. The molecule has 0 bridgehead atoms. The summed E-state index contributed by atoms with van der Waals surface area (Å²) in [5.74, 6) is 0.634. The number of hydrogen-bond acceptors (Lipinski definition) is 2. The lowest BCUT2D eigenvalue weighted by atomic mass is 9.88. The fourth-order valence-electron chi connectivity index (χ4n) is 2.79. The van der Waals surface area contributed by atoms with Crippen molar-refractivity contribution in [3.05, 3.63) is 35.4 Å². The average Bonchev–Trinajstić information content (AvgIpc) is 2.37. The van der Waals surface area contributed by atoms with Gasteiger partial charge in [-0.05, 0) is 52.0 Å². The zero-order valence-electron chi connectivity index (χ0n) is 13.8. The van der Waals surface area contributed by atoms with Crippen LogP contribution in [0.5, 0.6) is 0 Å². The lowest BCUT2D eigenvalue weighted by Crippen LogP contribution is -2.43. The SMILES string of the molecule is Cc1ccc([C@@H]2C[C@H](C)CCN2C(=O)OC(C)(C)C)cc1. The number of ether oxygens (including phenoxy) is 1. The van der Waals surface area contributed by atoms with E-state index in [-0.39, 0.29) is 12.1 Å². The van der Waals surface area contributed by atoms with Crippen LogP contribution < -0.4 is 0 Å². The van der Waals surface area contributed by atoms with Crippen molar-refractivity contribution in [2.24, 2.45) is 5.92 Å². The van der Waals surface area contributed by atoms with Gasteiger partial charge in [-0.3, -0.25) is 0 Å². The predicted molar refractivity (Wildman–Crippen MR) is 85.3 cm³/mol. The van der Waals surface area contributed by atoms with Crippen LogP contribution in [0.25, 0.3) is 0 Å². The molecular weight excluding hydrogens is 262 g/mol. The number of piperidine rings is 1. The number of hydrogen-bond donors (Lipinski definition) is 0. The molecule has 116 valence electrons. The Morgan fingerprint density at radius 1 is 1.24 bits per heavy atom. The number of amides is 1. The second-order valence-electron chi connectivity index (χ2n) is 7.23. The van der Waals surface area contributed by atoms with Gasteiger partial charge in [0.15, 0.2) is 0 Å². The van der Waals surface area contributed by atoms with Crippen LogP contribution in [-0.2, 0) is 4.74 Å². The van der Waals surface area contributed by atoms with Crippen molar-refractivity contribution < 1.29 is 9.53 Å².